The Morgan fingerprint density at radius 1 is 1.25 bits per heavy atom. The maximum atomic E-state index is 13.2. The van der Waals surface area contributed by atoms with Gasteiger partial charge in [0.25, 0.3) is 0 Å². The summed E-state index contributed by atoms with van der Waals surface area (Å²) in [6.07, 6.45) is 1.96. The Bertz CT molecular complexity index is 626. The van der Waals surface area contributed by atoms with Crippen molar-refractivity contribution in [2.24, 2.45) is 0 Å². The van der Waals surface area contributed by atoms with Crippen molar-refractivity contribution in [1.29, 1.82) is 0 Å². The Kier molecular flexibility index (Phi) is 3.77. The van der Waals surface area contributed by atoms with Crippen molar-refractivity contribution in [2.75, 3.05) is 0 Å². The molecule has 0 saturated carbocycles. The molecule has 20 heavy (non-hydrogen) atoms. The lowest BCUT2D eigenvalue weighted by Crippen LogP contribution is -2.23. The van der Waals surface area contributed by atoms with Gasteiger partial charge in [0.15, 0.2) is 0 Å². The molecule has 104 valence electrons. The predicted molar refractivity (Wildman–Crippen MR) is 80.5 cm³/mol. The molecule has 1 aliphatic rings. The van der Waals surface area contributed by atoms with E-state index < -0.39 is 0 Å². The van der Waals surface area contributed by atoms with Crippen molar-refractivity contribution in [3.8, 4) is 0 Å². The minimum Gasteiger partial charge on any atom is -0.303 e. The highest BCUT2D eigenvalue weighted by molar-refractivity contribution is 6.30. The fraction of sp³-hybridized carbons (Fsp3) is 0.294. The zero-order chi connectivity index (χ0) is 14.1. The number of aryl methyl sites for hydroxylation is 1. The highest BCUT2D eigenvalue weighted by Gasteiger charge is 2.24. The van der Waals surface area contributed by atoms with E-state index in [4.69, 9.17) is 11.6 Å². The molecule has 0 spiro atoms. The monoisotopic (exact) mass is 289 g/mol. The number of halogens is 2. The molecule has 3 heteroatoms. The maximum Gasteiger partial charge on any atom is 0.123 e. The maximum absolute atomic E-state index is 13.2. The first-order valence-corrected chi connectivity index (χ1v) is 7.31. The molecule has 1 nitrogen and oxygen atoms in total. The van der Waals surface area contributed by atoms with Gasteiger partial charge in [0.05, 0.1) is 0 Å². The zero-order valence-electron chi connectivity index (χ0n) is 11.4. The van der Waals surface area contributed by atoms with Crippen molar-refractivity contribution >= 4 is 11.6 Å². The number of rotatable bonds is 3. The van der Waals surface area contributed by atoms with Crippen LogP contribution >= 0.6 is 11.6 Å². The summed E-state index contributed by atoms with van der Waals surface area (Å²) in [5.41, 5.74) is 3.52. The van der Waals surface area contributed by atoms with Crippen LogP contribution in [0.1, 0.15) is 42.1 Å². The van der Waals surface area contributed by atoms with Gasteiger partial charge in [-0.3, -0.25) is 0 Å². The van der Waals surface area contributed by atoms with E-state index in [1.807, 2.05) is 24.3 Å². The first-order chi connectivity index (χ1) is 9.63. The van der Waals surface area contributed by atoms with Crippen LogP contribution in [0.2, 0.25) is 5.02 Å². The molecule has 2 atom stereocenters. The summed E-state index contributed by atoms with van der Waals surface area (Å²) in [5.74, 6) is -0.146. The molecule has 3 rings (SSSR count). The Balaban J connectivity index is 1.77. The highest BCUT2D eigenvalue weighted by atomic mass is 35.5. The summed E-state index contributed by atoms with van der Waals surface area (Å²) in [5, 5.41) is 4.37. The van der Waals surface area contributed by atoms with Gasteiger partial charge in [-0.2, -0.15) is 0 Å². The van der Waals surface area contributed by atoms with E-state index in [2.05, 4.69) is 18.3 Å². The lowest BCUT2D eigenvalue weighted by Gasteiger charge is -2.21. The summed E-state index contributed by atoms with van der Waals surface area (Å²) in [7, 11) is 0. The van der Waals surface area contributed by atoms with Crippen molar-refractivity contribution in [1.82, 2.24) is 5.32 Å². The SMILES string of the molecule is CC(NC1CCc2cc(F)ccc21)c1cccc(Cl)c1. The Morgan fingerprint density at radius 2 is 2.10 bits per heavy atom. The van der Waals surface area contributed by atoms with Crippen LogP contribution in [0.25, 0.3) is 0 Å². The Labute approximate surface area is 123 Å². The van der Waals surface area contributed by atoms with Gasteiger partial charge in [0, 0.05) is 17.1 Å². The molecule has 0 bridgehead atoms. The summed E-state index contributed by atoms with van der Waals surface area (Å²) < 4.78 is 13.2. The molecule has 2 unspecified atom stereocenters. The number of fused-ring (bicyclic) bond motifs is 1. The van der Waals surface area contributed by atoms with E-state index in [1.54, 1.807) is 12.1 Å². The predicted octanol–water partition coefficient (Wildman–Crippen LogP) is 4.82. The Hall–Kier alpha value is -1.38. The van der Waals surface area contributed by atoms with Crippen LogP contribution < -0.4 is 5.32 Å². The highest BCUT2D eigenvalue weighted by Crippen LogP contribution is 2.33. The molecule has 0 saturated heterocycles. The van der Waals surface area contributed by atoms with Crippen molar-refractivity contribution < 1.29 is 4.39 Å². The van der Waals surface area contributed by atoms with Crippen LogP contribution in [-0.4, -0.2) is 0 Å². The summed E-state index contributed by atoms with van der Waals surface area (Å²) in [6, 6.07) is 13.5. The molecule has 0 amide bonds. The van der Waals surface area contributed by atoms with Gasteiger partial charge >= 0.3 is 0 Å². The van der Waals surface area contributed by atoms with Crippen LogP contribution in [0.4, 0.5) is 4.39 Å². The first-order valence-electron chi connectivity index (χ1n) is 6.93. The normalized spacial score (nSPS) is 18.9. The molecule has 2 aromatic rings. The molecule has 1 aliphatic carbocycles. The van der Waals surface area contributed by atoms with Crippen molar-refractivity contribution in [3.63, 3.8) is 0 Å². The molecule has 2 aromatic carbocycles. The van der Waals surface area contributed by atoms with E-state index >= 15 is 0 Å². The van der Waals surface area contributed by atoms with Gasteiger partial charge in [-0.25, -0.2) is 4.39 Å². The lowest BCUT2D eigenvalue weighted by molar-refractivity contribution is 0.465. The van der Waals surface area contributed by atoms with E-state index in [1.165, 1.54) is 11.1 Å². The topological polar surface area (TPSA) is 12.0 Å². The van der Waals surface area contributed by atoms with Crippen LogP contribution in [0.15, 0.2) is 42.5 Å². The number of benzene rings is 2. The van der Waals surface area contributed by atoms with Crippen LogP contribution in [-0.2, 0) is 6.42 Å². The summed E-state index contributed by atoms with van der Waals surface area (Å²) in [4.78, 5) is 0. The minimum atomic E-state index is -0.146. The quantitative estimate of drug-likeness (QED) is 0.854. The molecular weight excluding hydrogens is 273 g/mol. The van der Waals surface area contributed by atoms with Crippen molar-refractivity contribution in [3.05, 3.63) is 70.0 Å². The van der Waals surface area contributed by atoms with E-state index in [0.29, 0.717) is 6.04 Å². The van der Waals surface area contributed by atoms with Crippen LogP contribution in [0, 0.1) is 5.82 Å². The standard InChI is InChI=1S/C17H17ClFN/c1-11(12-3-2-4-14(18)9-12)20-17-8-5-13-10-15(19)6-7-16(13)17/h2-4,6-7,9-11,17,20H,5,8H2,1H3. The second-order valence-corrected chi connectivity index (χ2v) is 5.81. The van der Waals surface area contributed by atoms with Crippen molar-refractivity contribution in [2.45, 2.75) is 31.8 Å². The minimum absolute atomic E-state index is 0.146. The molecule has 0 heterocycles. The average molecular weight is 290 g/mol. The van der Waals surface area contributed by atoms with Gasteiger partial charge < -0.3 is 5.32 Å². The molecular formula is C17H17ClFN. The lowest BCUT2D eigenvalue weighted by atomic mass is 10.0. The first kappa shape index (κ1) is 13.6. The largest absolute Gasteiger partial charge is 0.303 e. The van der Waals surface area contributed by atoms with Gasteiger partial charge in [-0.15, -0.1) is 0 Å². The number of hydrogen-bond donors (Lipinski definition) is 1. The molecule has 0 fully saturated rings. The van der Waals surface area contributed by atoms with Gasteiger partial charge in [0.2, 0.25) is 0 Å². The summed E-state index contributed by atoms with van der Waals surface area (Å²) in [6.45, 7) is 2.13. The smallest absolute Gasteiger partial charge is 0.123 e. The van der Waals surface area contributed by atoms with E-state index in [9.17, 15) is 4.39 Å². The third kappa shape index (κ3) is 2.72. The van der Waals surface area contributed by atoms with Crippen LogP contribution in [0.5, 0.6) is 0 Å². The van der Waals surface area contributed by atoms with Gasteiger partial charge in [0.1, 0.15) is 5.82 Å². The molecule has 0 radical (unpaired) electrons. The fourth-order valence-corrected chi connectivity index (χ4v) is 3.13. The van der Waals surface area contributed by atoms with Gasteiger partial charge in [-0.1, -0.05) is 29.8 Å². The summed E-state index contributed by atoms with van der Waals surface area (Å²) >= 11 is 6.03. The van der Waals surface area contributed by atoms with E-state index in [0.717, 1.165) is 23.4 Å². The average Bonchev–Trinajstić information content (AvgIpc) is 2.81. The molecule has 0 aliphatic heterocycles. The number of hydrogen-bond acceptors (Lipinski definition) is 1. The third-order valence-corrected chi connectivity index (χ3v) is 4.22. The third-order valence-electron chi connectivity index (χ3n) is 3.98. The second-order valence-electron chi connectivity index (χ2n) is 5.38. The fourth-order valence-electron chi connectivity index (χ4n) is 2.93. The second kappa shape index (κ2) is 5.55. The van der Waals surface area contributed by atoms with Gasteiger partial charge in [-0.05, 0) is 60.7 Å². The van der Waals surface area contributed by atoms with E-state index in [-0.39, 0.29) is 11.9 Å². The Morgan fingerprint density at radius 3 is 2.90 bits per heavy atom. The zero-order valence-corrected chi connectivity index (χ0v) is 12.1. The van der Waals surface area contributed by atoms with Crippen LogP contribution in [0.3, 0.4) is 0 Å². The molecule has 0 aromatic heterocycles. The number of nitrogens with one attached hydrogen (secondary N) is 1. The molecule has 1 N–H and O–H groups in total.